The molecule has 17 nitrogen and oxygen atoms in total. The Hall–Kier alpha value is -0.680. The van der Waals surface area contributed by atoms with E-state index in [0.717, 1.165) is 0 Å². The van der Waals surface area contributed by atoms with E-state index in [1.807, 2.05) is 0 Å². The summed E-state index contributed by atoms with van der Waals surface area (Å²) in [5, 5.41) is 120. The molecule has 206 valence electrons. The SMILES string of the molecule is OCC1O[C@H](O[C@]2(CO[C@]3(CO)O[C@H](CO)[C@H](O)C3O)O[C@H](CO)[C@H](O)C2O)C(O)(O)[C@H](O)[C@@H]1O. The molecule has 3 unspecified atom stereocenters. The number of hydrogen-bond donors (Lipinski definition) is 12. The molecule has 12 N–H and O–H groups in total. The van der Waals surface area contributed by atoms with Crippen LogP contribution in [0.5, 0.6) is 0 Å². The van der Waals surface area contributed by atoms with Crippen molar-refractivity contribution in [2.24, 2.45) is 0 Å². The first-order valence-electron chi connectivity index (χ1n) is 10.6. The lowest BCUT2D eigenvalue weighted by atomic mass is 9.95. The van der Waals surface area contributed by atoms with E-state index in [0.29, 0.717) is 0 Å². The standard InChI is InChI=1S/C18H32O17/c19-1-6-9(23)14(28)18(29,30)15(32-6)35-17(13(27)11(25)8(3-21)34-17)5-31-16(4-22)12(26)10(24)7(2-20)33-16/h6-15,19-30H,1-5H2/t6?,7-,8-,9-,10+,11+,12?,13?,14-,15-,16-,17+/m1/s1. The molecule has 3 aliphatic heterocycles. The fourth-order valence-electron chi connectivity index (χ4n) is 4.16. The van der Waals surface area contributed by atoms with Gasteiger partial charge in [0.15, 0.2) is 0 Å². The van der Waals surface area contributed by atoms with Crippen LogP contribution in [-0.2, 0) is 23.7 Å². The molecule has 0 aromatic rings. The summed E-state index contributed by atoms with van der Waals surface area (Å²) in [6.45, 7) is -4.80. The lowest BCUT2D eigenvalue weighted by Gasteiger charge is -2.47. The van der Waals surface area contributed by atoms with Gasteiger partial charge in [0.2, 0.25) is 23.7 Å². The van der Waals surface area contributed by atoms with Gasteiger partial charge in [0.25, 0.3) is 0 Å². The minimum Gasteiger partial charge on any atom is -0.394 e. The van der Waals surface area contributed by atoms with Crippen LogP contribution in [0.15, 0.2) is 0 Å². The van der Waals surface area contributed by atoms with Gasteiger partial charge in [0.1, 0.15) is 68.1 Å². The fraction of sp³-hybridized carbons (Fsp3) is 1.00. The number of ether oxygens (including phenoxy) is 5. The Morgan fingerprint density at radius 3 is 1.54 bits per heavy atom. The molecule has 0 bridgehead atoms. The van der Waals surface area contributed by atoms with Crippen molar-refractivity contribution in [1.29, 1.82) is 0 Å². The molecule has 3 aliphatic rings. The van der Waals surface area contributed by atoms with Gasteiger partial charge in [-0.05, 0) is 0 Å². The van der Waals surface area contributed by atoms with E-state index in [2.05, 4.69) is 0 Å². The van der Waals surface area contributed by atoms with Gasteiger partial charge in [-0.2, -0.15) is 0 Å². The Morgan fingerprint density at radius 2 is 1.09 bits per heavy atom. The molecule has 0 radical (unpaired) electrons. The molecule has 17 heteroatoms. The summed E-state index contributed by atoms with van der Waals surface area (Å²) < 4.78 is 26.5. The first-order chi connectivity index (χ1) is 16.3. The van der Waals surface area contributed by atoms with E-state index >= 15 is 0 Å². The highest BCUT2D eigenvalue weighted by atomic mass is 16.8. The first-order valence-corrected chi connectivity index (χ1v) is 10.6. The molecule has 12 atom stereocenters. The smallest absolute Gasteiger partial charge is 0.245 e. The second-order valence-corrected chi connectivity index (χ2v) is 8.64. The van der Waals surface area contributed by atoms with Gasteiger partial charge < -0.3 is 85.0 Å². The molecule has 0 aromatic carbocycles. The summed E-state index contributed by atoms with van der Waals surface area (Å²) in [6.07, 6.45) is -18.9. The van der Waals surface area contributed by atoms with Crippen LogP contribution in [0.25, 0.3) is 0 Å². The third-order valence-corrected chi connectivity index (χ3v) is 6.38. The summed E-state index contributed by atoms with van der Waals surface area (Å²) in [5.41, 5.74) is 0. The molecular formula is C18H32O17. The average molecular weight is 520 g/mol. The minimum absolute atomic E-state index is 0.786. The van der Waals surface area contributed by atoms with Crippen molar-refractivity contribution in [2.45, 2.75) is 78.6 Å². The second kappa shape index (κ2) is 10.6. The van der Waals surface area contributed by atoms with Gasteiger partial charge in [-0.3, -0.25) is 0 Å². The van der Waals surface area contributed by atoms with Crippen molar-refractivity contribution >= 4 is 0 Å². The normalized spacial score (nSPS) is 50.1. The molecule has 0 saturated carbocycles. The van der Waals surface area contributed by atoms with Crippen LogP contribution >= 0.6 is 0 Å². The monoisotopic (exact) mass is 520 g/mol. The van der Waals surface area contributed by atoms with E-state index < -0.39 is 112 Å². The Kier molecular flexibility index (Phi) is 8.74. The zero-order chi connectivity index (χ0) is 26.3. The third kappa shape index (κ3) is 4.82. The van der Waals surface area contributed by atoms with Crippen LogP contribution in [0.3, 0.4) is 0 Å². The number of aliphatic hydroxyl groups excluding tert-OH is 10. The Morgan fingerprint density at radius 1 is 0.629 bits per heavy atom. The molecule has 0 aliphatic carbocycles. The molecule has 3 heterocycles. The van der Waals surface area contributed by atoms with E-state index in [9.17, 15) is 61.3 Å². The van der Waals surface area contributed by atoms with Crippen LogP contribution in [0.2, 0.25) is 0 Å². The summed E-state index contributed by atoms with van der Waals surface area (Å²) in [6, 6.07) is 0. The third-order valence-electron chi connectivity index (χ3n) is 6.38. The molecule has 3 rings (SSSR count). The van der Waals surface area contributed by atoms with Crippen LogP contribution in [-0.4, -0.2) is 173 Å². The van der Waals surface area contributed by atoms with Crippen molar-refractivity contribution in [1.82, 2.24) is 0 Å². The molecule has 35 heavy (non-hydrogen) atoms. The van der Waals surface area contributed by atoms with Gasteiger partial charge in [-0.25, -0.2) is 0 Å². The molecule has 0 aromatic heterocycles. The fourth-order valence-corrected chi connectivity index (χ4v) is 4.16. The number of hydrogen-bond acceptors (Lipinski definition) is 17. The van der Waals surface area contributed by atoms with E-state index in [-0.39, 0.29) is 0 Å². The van der Waals surface area contributed by atoms with Crippen LogP contribution in [0.4, 0.5) is 0 Å². The molecular weight excluding hydrogens is 488 g/mol. The molecule has 0 amide bonds. The Labute approximate surface area is 197 Å². The molecule has 3 saturated heterocycles. The second-order valence-electron chi connectivity index (χ2n) is 8.64. The molecule has 0 spiro atoms. The highest BCUT2D eigenvalue weighted by Crippen LogP contribution is 2.41. The van der Waals surface area contributed by atoms with Crippen LogP contribution in [0, 0.1) is 0 Å². The van der Waals surface area contributed by atoms with Crippen molar-refractivity contribution in [3.05, 3.63) is 0 Å². The van der Waals surface area contributed by atoms with Crippen molar-refractivity contribution in [3.63, 3.8) is 0 Å². The van der Waals surface area contributed by atoms with Crippen molar-refractivity contribution in [2.75, 3.05) is 33.0 Å². The predicted octanol–water partition coefficient (Wildman–Crippen LogP) is -8.25. The van der Waals surface area contributed by atoms with Gasteiger partial charge in [0.05, 0.1) is 19.8 Å². The zero-order valence-corrected chi connectivity index (χ0v) is 18.2. The summed E-state index contributed by atoms with van der Waals surface area (Å²) >= 11 is 0. The van der Waals surface area contributed by atoms with Crippen LogP contribution in [0.1, 0.15) is 0 Å². The van der Waals surface area contributed by atoms with Gasteiger partial charge >= 0.3 is 0 Å². The average Bonchev–Trinajstić information content (AvgIpc) is 3.23. The Bertz CT molecular complexity index is 711. The Balaban J connectivity index is 1.92. The maximum Gasteiger partial charge on any atom is 0.245 e. The number of rotatable bonds is 9. The summed E-state index contributed by atoms with van der Waals surface area (Å²) in [5.74, 6) is -8.47. The first kappa shape index (κ1) is 28.9. The lowest BCUT2D eigenvalue weighted by molar-refractivity contribution is -0.453. The minimum atomic E-state index is -3.38. The maximum atomic E-state index is 10.7. The largest absolute Gasteiger partial charge is 0.394 e. The highest BCUT2D eigenvalue weighted by molar-refractivity contribution is 5.02. The van der Waals surface area contributed by atoms with Crippen molar-refractivity contribution < 1.29 is 85.0 Å². The highest BCUT2D eigenvalue weighted by Gasteiger charge is 2.64. The van der Waals surface area contributed by atoms with Crippen molar-refractivity contribution in [3.8, 4) is 0 Å². The summed E-state index contributed by atoms with van der Waals surface area (Å²) in [7, 11) is 0. The van der Waals surface area contributed by atoms with E-state index in [4.69, 9.17) is 23.7 Å². The van der Waals surface area contributed by atoms with Gasteiger partial charge in [0, 0.05) is 0 Å². The maximum absolute atomic E-state index is 10.7. The lowest BCUT2D eigenvalue weighted by Crippen LogP contribution is -2.69. The zero-order valence-electron chi connectivity index (χ0n) is 18.2. The van der Waals surface area contributed by atoms with Gasteiger partial charge in [-0.1, -0.05) is 0 Å². The van der Waals surface area contributed by atoms with E-state index in [1.165, 1.54) is 0 Å². The van der Waals surface area contributed by atoms with Gasteiger partial charge in [-0.15, -0.1) is 0 Å². The number of aliphatic hydroxyl groups is 12. The topological polar surface area (TPSA) is 289 Å². The molecule has 3 fully saturated rings. The quantitative estimate of drug-likeness (QED) is 0.126. The predicted molar refractivity (Wildman–Crippen MR) is 102 cm³/mol. The summed E-state index contributed by atoms with van der Waals surface area (Å²) in [4.78, 5) is 0. The van der Waals surface area contributed by atoms with Crippen LogP contribution < -0.4 is 0 Å². The van der Waals surface area contributed by atoms with E-state index in [1.54, 1.807) is 0 Å².